The van der Waals surface area contributed by atoms with Crippen molar-refractivity contribution >= 4 is 51.3 Å². The minimum absolute atomic E-state index is 0.0946. The molecule has 0 saturated carbocycles. The summed E-state index contributed by atoms with van der Waals surface area (Å²) in [5.74, 6) is 0.198. The van der Waals surface area contributed by atoms with Crippen molar-refractivity contribution in [2.75, 3.05) is 17.7 Å². The summed E-state index contributed by atoms with van der Waals surface area (Å²) in [7, 11) is 0. The quantitative estimate of drug-likeness (QED) is 0.546. The van der Waals surface area contributed by atoms with Crippen LogP contribution in [0.15, 0.2) is 4.34 Å². The number of thioether (sulfide) groups is 1. The molecule has 0 radical (unpaired) electrons. The fraction of sp³-hybridized carbons (Fsp3) is 0.529. The summed E-state index contributed by atoms with van der Waals surface area (Å²) in [6, 6.07) is 0. The monoisotopic (exact) mass is 411 g/mol. The Hall–Kier alpha value is -1.45. The number of ether oxygens (including phenoxy) is 1. The fourth-order valence-corrected chi connectivity index (χ4v) is 5.95. The molecule has 0 spiro atoms. The summed E-state index contributed by atoms with van der Waals surface area (Å²) in [5.41, 5.74) is 1.63. The van der Waals surface area contributed by atoms with E-state index in [2.05, 4.69) is 15.5 Å². The molecule has 3 rings (SSSR count). The number of hydrogen-bond donors (Lipinski definition) is 1. The lowest BCUT2D eigenvalue weighted by atomic mass is 9.95. The van der Waals surface area contributed by atoms with Gasteiger partial charge in [0.15, 0.2) is 4.34 Å². The summed E-state index contributed by atoms with van der Waals surface area (Å²) < 4.78 is 6.08. The van der Waals surface area contributed by atoms with Gasteiger partial charge in [-0.2, -0.15) is 0 Å². The zero-order valence-corrected chi connectivity index (χ0v) is 17.2. The molecule has 2 aromatic heterocycles. The van der Waals surface area contributed by atoms with Gasteiger partial charge in [-0.1, -0.05) is 23.1 Å². The van der Waals surface area contributed by atoms with Crippen LogP contribution < -0.4 is 5.32 Å². The maximum absolute atomic E-state index is 12.4. The molecular weight excluding hydrogens is 390 g/mol. The van der Waals surface area contributed by atoms with Crippen LogP contribution in [0.1, 0.15) is 52.0 Å². The Morgan fingerprint density at radius 2 is 2.04 bits per heavy atom. The van der Waals surface area contributed by atoms with Crippen molar-refractivity contribution in [3.05, 3.63) is 21.0 Å². The molecule has 9 heteroatoms. The van der Waals surface area contributed by atoms with E-state index in [1.54, 1.807) is 6.92 Å². The Kier molecular flexibility index (Phi) is 6.66. The van der Waals surface area contributed by atoms with Crippen molar-refractivity contribution < 1.29 is 14.3 Å². The van der Waals surface area contributed by atoms with E-state index in [0.29, 0.717) is 29.3 Å². The summed E-state index contributed by atoms with van der Waals surface area (Å²) in [5, 5.41) is 12.5. The highest BCUT2D eigenvalue weighted by Gasteiger charge is 2.27. The van der Waals surface area contributed by atoms with Crippen molar-refractivity contribution in [1.82, 2.24) is 10.2 Å². The number of nitrogens with zero attached hydrogens (tertiary/aromatic N) is 2. The number of thiophene rings is 1. The molecule has 0 aromatic carbocycles. The van der Waals surface area contributed by atoms with Gasteiger partial charge in [0.2, 0.25) is 5.91 Å². The molecule has 6 nitrogen and oxygen atoms in total. The zero-order valence-electron chi connectivity index (χ0n) is 14.8. The second kappa shape index (κ2) is 8.96. The largest absolute Gasteiger partial charge is 0.462 e. The SMILES string of the molecule is CCOC(=O)c1c(NC(=O)CCSc2nnc(C)s2)sc2c1CCCC2. The molecule has 0 aliphatic heterocycles. The molecule has 0 saturated heterocycles. The first-order valence-electron chi connectivity index (χ1n) is 8.63. The summed E-state index contributed by atoms with van der Waals surface area (Å²) in [6.45, 7) is 4.03. The maximum Gasteiger partial charge on any atom is 0.341 e. The van der Waals surface area contributed by atoms with Crippen molar-refractivity contribution in [2.45, 2.75) is 50.3 Å². The molecule has 1 amide bonds. The van der Waals surface area contributed by atoms with E-state index in [4.69, 9.17) is 4.74 Å². The lowest BCUT2D eigenvalue weighted by molar-refractivity contribution is -0.115. The number of aryl methyl sites for hydroxylation is 2. The number of fused-ring (bicyclic) bond motifs is 1. The van der Waals surface area contributed by atoms with E-state index >= 15 is 0 Å². The molecule has 1 N–H and O–H groups in total. The molecule has 140 valence electrons. The van der Waals surface area contributed by atoms with Crippen molar-refractivity contribution in [1.29, 1.82) is 0 Å². The van der Waals surface area contributed by atoms with Gasteiger partial charge in [0.25, 0.3) is 0 Å². The highest BCUT2D eigenvalue weighted by molar-refractivity contribution is 8.01. The van der Waals surface area contributed by atoms with Gasteiger partial charge >= 0.3 is 5.97 Å². The summed E-state index contributed by atoms with van der Waals surface area (Å²) in [4.78, 5) is 25.9. The first kappa shape index (κ1) is 19.3. The number of esters is 1. The van der Waals surface area contributed by atoms with Crippen LogP contribution in [0.3, 0.4) is 0 Å². The molecule has 1 aliphatic carbocycles. The number of carbonyl (C=O) groups excluding carboxylic acids is 2. The maximum atomic E-state index is 12.4. The van der Waals surface area contributed by atoms with Crippen molar-refractivity contribution in [2.24, 2.45) is 0 Å². The van der Waals surface area contributed by atoms with Crippen LogP contribution in [0.5, 0.6) is 0 Å². The molecule has 2 aromatic rings. The van der Waals surface area contributed by atoms with Crippen LogP contribution in [0.25, 0.3) is 0 Å². The van der Waals surface area contributed by atoms with Gasteiger partial charge in [0.05, 0.1) is 12.2 Å². The van der Waals surface area contributed by atoms with Crippen LogP contribution >= 0.6 is 34.4 Å². The minimum Gasteiger partial charge on any atom is -0.462 e. The summed E-state index contributed by atoms with van der Waals surface area (Å²) >= 11 is 4.56. The zero-order chi connectivity index (χ0) is 18.5. The summed E-state index contributed by atoms with van der Waals surface area (Å²) in [6.07, 6.45) is 4.40. The second-order valence-electron chi connectivity index (χ2n) is 5.87. The standard InChI is InChI=1S/C17H21N3O3S3/c1-3-23-16(22)14-11-6-4-5-7-12(11)26-15(14)18-13(21)8-9-24-17-20-19-10(2)25-17/h3-9H2,1-2H3,(H,18,21). The van der Waals surface area contributed by atoms with E-state index in [-0.39, 0.29) is 11.9 Å². The number of aromatic nitrogens is 2. The molecule has 1 aliphatic rings. The van der Waals surface area contributed by atoms with Crippen LogP contribution in [-0.2, 0) is 22.4 Å². The predicted octanol–water partition coefficient (Wildman–Crippen LogP) is 4.08. The van der Waals surface area contributed by atoms with Crippen molar-refractivity contribution in [3.63, 3.8) is 0 Å². The van der Waals surface area contributed by atoms with Gasteiger partial charge in [-0.25, -0.2) is 4.79 Å². The number of carbonyl (C=O) groups is 2. The highest BCUT2D eigenvalue weighted by Crippen LogP contribution is 2.38. The number of amides is 1. The molecule has 26 heavy (non-hydrogen) atoms. The lowest BCUT2D eigenvalue weighted by Gasteiger charge is -2.12. The Labute approximate surface area is 164 Å². The Morgan fingerprint density at radius 3 is 2.77 bits per heavy atom. The Bertz CT molecular complexity index is 801. The first-order chi connectivity index (χ1) is 12.6. The van der Waals surface area contributed by atoms with E-state index in [1.807, 2.05) is 6.92 Å². The number of hydrogen-bond acceptors (Lipinski definition) is 8. The van der Waals surface area contributed by atoms with Crippen LogP contribution in [0.4, 0.5) is 5.00 Å². The second-order valence-corrected chi connectivity index (χ2v) is 9.50. The van der Waals surface area contributed by atoms with Crippen LogP contribution in [0.2, 0.25) is 0 Å². The van der Waals surface area contributed by atoms with Gasteiger partial charge in [-0.3, -0.25) is 4.79 Å². The minimum atomic E-state index is -0.332. The number of anilines is 1. The normalized spacial score (nSPS) is 13.3. The molecule has 0 unspecified atom stereocenters. The van der Waals surface area contributed by atoms with Crippen LogP contribution in [0, 0.1) is 6.92 Å². The third-order valence-electron chi connectivity index (χ3n) is 3.97. The molecule has 2 heterocycles. The van der Waals surface area contributed by atoms with Gasteiger partial charge < -0.3 is 10.1 Å². The van der Waals surface area contributed by atoms with Crippen LogP contribution in [-0.4, -0.2) is 34.4 Å². The third kappa shape index (κ3) is 4.63. The van der Waals surface area contributed by atoms with E-state index in [9.17, 15) is 9.59 Å². The topological polar surface area (TPSA) is 81.2 Å². The smallest absolute Gasteiger partial charge is 0.341 e. The molecule has 0 fully saturated rings. The third-order valence-corrected chi connectivity index (χ3v) is 7.15. The van der Waals surface area contributed by atoms with E-state index in [1.165, 1.54) is 39.3 Å². The molecule has 0 atom stereocenters. The van der Waals surface area contributed by atoms with Gasteiger partial charge in [-0.05, 0) is 45.1 Å². The number of rotatable bonds is 7. The predicted molar refractivity (Wildman–Crippen MR) is 106 cm³/mol. The van der Waals surface area contributed by atoms with Gasteiger partial charge in [0, 0.05) is 17.1 Å². The van der Waals surface area contributed by atoms with Crippen molar-refractivity contribution in [3.8, 4) is 0 Å². The Morgan fingerprint density at radius 1 is 1.23 bits per heavy atom. The Balaban J connectivity index is 1.65. The van der Waals surface area contributed by atoms with Gasteiger partial charge in [-0.15, -0.1) is 21.5 Å². The van der Waals surface area contributed by atoms with E-state index < -0.39 is 0 Å². The molecular formula is C17H21N3O3S3. The fourth-order valence-electron chi connectivity index (χ4n) is 2.83. The molecule has 0 bridgehead atoms. The van der Waals surface area contributed by atoms with Gasteiger partial charge in [0.1, 0.15) is 10.0 Å². The highest BCUT2D eigenvalue weighted by atomic mass is 32.2. The number of nitrogens with one attached hydrogen (secondary N) is 1. The average Bonchev–Trinajstić information content (AvgIpc) is 3.18. The average molecular weight is 412 g/mol. The van der Waals surface area contributed by atoms with E-state index in [0.717, 1.165) is 40.6 Å². The lowest BCUT2D eigenvalue weighted by Crippen LogP contribution is -2.16. The first-order valence-corrected chi connectivity index (χ1v) is 11.2.